The van der Waals surface area contributed by atoms with E-state index in [9.17, 15) is 0 Å². The van der Waals surface area contributed by atoms with Gasteiger partial charge in [-0.25, -0.2) is 0 Å². The zero-order valence-corrected chi connectivity index (χ0v) is 11.6. The van der Waals surface area contributed by atoms with Crippen molar-refractivity contribution in [1.29, 1.82) is 0 Å². The van der Waals surface area contributed by atoms with E-state index in [1.807, 2.05) is 18.2 Å². The Kier molecular flexibility index (Phi) is 3.26. The molecule has 1 heterocycles. The average molecular weight is 259 g/mol. The monoisotopic (exact) mass is 259 g/mol. The predicted octanol–water partition coefficient (Wildman–Crippen LogP) is 5.14. The maximum atomic E-state index is 3.76. The lowest BCUT2D eigenvalue weighted by atomic mass is 10.1. The Bertz CT molecular complexity index is 776. The molecule has 0 N–H and O–H groups in total. The Labute approximate surface area is 119 Å². The van der Waals surface area contributed by atoms with Crippen LogP contribution in [0.15, 0.2) is 73.3 Å². The summed E-state index contributed by atoms with van der Waals surface area (Å²) in [6.45, 7) is 5.92. The maximum absolute atomic E-state index is 3.76. The normalized spacial score (nSPS) is 11.2. The van der Waals surface area contributed by atoms with E-state index in [0.29, 0.717) is 0 Å². The molecule has 0 aliphatic carbocycles. The number of allylic oxidation sites excluding steroid dienone is 2. The van der Waals surface area contributed by atoms with Gasteiger partial charge < -0.3 is 4.57 Å². The Hall–Kier alpha value is -2.54. The number of benzene rings is 2. The molecule has 0 aliphatic rings. The fourth-order valence-electron chi connectivity index (χ4n) is 2.68. The molecule has 3 aromatic rings. The highest BCUT2D eigenvalue weighted by atomic mass is 15.0. The molecule has 0 saturated heterocycles. The van der Waals surface area contributed by atoms with Gasteiger partial charge in [-0.1, -0.05) is 61.2 Å². The smallest absolute Gasteiger partial charge is 0.0537 e. The van der Waals surface area contributed by atoms with Crippen molar-refractivity contribution in [2.24, 2.45) is 0 Å². The average Bonchev–Trinajstić information content (AvgIpc) is 2.78. The molecule has 20 heavy (non-hydrogen) atoms. The highest BCUT2D eigenvalue weighted by Crippen LogP contribution is 2.29. The summed E-state index contributed by atoms with van der Waals surface area (Å²) in [6, 6.07) is 19.0. The third-order valence-corrected chi connectivity index (χ3v) is 3.57. The van der Waals surface area contributed by atoms with Crippen molar-refractivity contribution in [2.45, 2.75) is 6.92 Å². The van der Waals surface area contributed by atoms with Crippen LogP contribution in [0.4, 0.5) is 0 Å². The summed E-state index contributed by atoms with van der Waals surface area (Å²) in [5, 5.41) is 1.27. The molecule has 0 radical (unpaired) electrons. The third-order valence-electron chi connectivity index (χ3n) is 3.57. The Balaban J connectivity index is 2.35. The van der Waals surface area contributed by atoms with Gasteiger partial charge in [0.25, 0.3) is 0 Å². The number of para-hydroxylation sites is 2. The minimum atomic E-state index is 1.19. The number of fused-ring (bicyclic) bond motifs is 1. The second-order valence-electron chi connectivity index (χ2n) is 4.78. The van der Waals surface area contributed by atoms with Crippen molar-refractivity contribution in [3.05, 3.63) is 84.6 Å². The highest BCUT2D eigenvalue weighted by molar-refractivity contribution is 5.92. The molecule has 0 saturated carbocycles. The summed E-state index contributed by atoms with van der Waals surface area (Å²) in [4.78, 5) is 0. The minimum absolute atomic E-state index is 1.19. The lowest BCUT2D eigenvalue weighted by Crippen LogP contribution is -1.95. The molecule has 1 nitrogen and oxygen atoms in total. The van der Waals surface area contributed by atoms with Gasteiger partial charge in [0.05, 0.1) is 5.52 Å². The Morgan fingerprint density at radius 2 is 1.65 bits per heavy atom. The first kappa shape index (κ1) is 12.5. The van der Waals surface area contributed by atoms with Gasteiger partial charge in [-0.15, -0.1) is 0 Å². The van der Waals surface area contributed by atoms with Crippen molar-refractivity contribution < 1.29 is 0 Å². The lowest BCUT2D eigenvalue weighted by molar-refractivity contribution is 1.05. The van der Waals surface area contributed by atoms with E-state index in [2.05, 4.69) is 72.7 Å². The van der Waals surface area contributed by atoms with Gasteiger partial charge in [-0.2, -0.15) is 0 Å². The summed E-state index contributed by atoms with van der Waals surface area (Å²) >= 11 is 0. The number of rotatable bonds is 3. The van der Waals surface area contributed by atoms with Crippen LogP contribution in [0, 0.1) is 6.92 Å². The number of hydrogen-bond donors (Lipinski definition) is 0. The van der Waals surface area contributed by atoms with E-state index in [0.717, 1.165) is 0 Å². The Morgan fingerprint density at radius 3 is 2.40 bits per heavy atom. The van der Waals surface area contributed by atoms with Crippen molar-refractivity contribution in [3.8, 4) is 5.69 Å². The second kappa shape index (κ2) is 5.22. The molecule has 0 unspecified atom stereocenters. The summed E-state index contributed by atoms with van der Waals surface area (Å²) in [6.07, 6.45) is 5.93. The molecule has 1 aromatic heterocycles. The van der Waals surface area contributed by atoms with E-state index in [1.165, 1.54) is 27.8 Å². The molecule has 0 aliphatic heterocycles. The van der Waals surface area contributed by atoms with Gasteiger partial charge in [-0.05, 0) is 25.1 Å². The standard InChI is InChI=1S/C19H17N/c1-3-4-12-17-15(2)20(16-10-6-5-7-11-16)19-14-9-8-13-18(17)19/h3-14H,1H2,2H3/b12-4-. The molecule has 0 fully saturated rings. The summed E-state index contributed by atoms with van der Waals surface area (Å²) < 4.78 is 2.30. The largest absolute Gasteiger partial charge is 0.313 e. The number of nitrogens with zero attached hydrogens (tertiary/aromatic N) is 1. The molecule has 0 bridgehead atoms. The molecular formula is C19H17N. The number of hydrogen-bond acceptors (Lipinski definition) is 0. The van der Waals surface area contributed by atoms with Crippen LogP contribution < -0.4 is 0 Å². The van der Waals surface area contributed by atoms with Gasteiger partial charge in [-0.3, -0.25) is 0 Å². The quantitative estimate of drug-likeness (QED) is 0.574. The van der Waals surface area contributed by atoms with Crippen LogP contribution >= 0.6 is 0 Å². The van der Waals surface area contributed by atoms with Crippen molar-refractivity contribution in [2.75, 3.05) is 0 Å². The molecule has 0 amide bonds. The maximum Gasteiger partial charge on any atom is 0.0537 e. The molecule has 98 valence electrons. The van der Waals surface area contributed by atoms with E-state index >= 15 is 0 Å². The van der Waals surface area contributed by atoms with Gasteiger partial charge in [0.15, 0.2) is 0 Å². The highest BCUT2D eigenvalue weighted by Gasteiger charge is 2.12. The van der Waals surface area contributed by atoms with Crippen molar-refractivity contribution >= 4 is 17.0 Å². The first-order valence-electron chi connectivity index (χ1n) is 6.77. The van der Waals surface area contributed by atoms with Crippen molar-refractivity contribution in [1.82, 2.24) is 4.57 Å². The Morgan fingerprint density at radius 1 is 0.950 bits per heavy atom. The second-order valence-corrected chi connectivity index (χ2v) is 4.78. The first-order chi connectivity index (χ1) is 9.83. The first-order valence-corrected chi connectivity index (χ1v) is 6.77. The van der Waals surface area contributed by atoms with Crippen LogP contribution in [0.2, 0.25) is 0 Å². The van der Waals surface area contributed by atoms with Crippen LogP contribution in [0.5, 0.6) is 0 Å². The zero-order valence-electron chi connectivity index (χ0n) is 11.6. The summed E-state index contributed by atoms with van der Waals surface area (Å²) in [5.41, 5.74) is 4.93. The predicted molar refractivity (Wildman–Crippen MR) is 87.2 cm³/mol. The lowest BCUT2D eigenvalue weighted by Gasteiger charge is -2.08. The molecule has 1 heteroatoms. The van der Waals surface area contributed by atoms with E-state index in [-0.39, 0.29) is 0 Å². The molecule has 0 atom stereocenters. The fraction of sp³-hybridized carbons (Fsp3) is 0.0526. The van der Waals surface area contributed by atoms with Gasteiger partial charge in [0.1, 0.15) is 0 Å². The summed E-state index contributed by atoms with van der Waals surface area (Å²) in [7, 11) is 0. The van der Waals surface area contributed by atoms with Gasteiger partial charge in [0.2, 0.25) is 0 Å². The zero-order chi connectivity index (χ0) is 13.9. The number of aromatic nitrogens is 1. The SMILES string of the molecule is C=C/C=C\c1c(C)n(-c2ccccc2)c2ccccc12. The molecular weight excluding hydrogens is 242 g/mol. The van der Waals surface area contributed by atoms with Crippen LogP contribution in [0.3, 0.4) is 0 Å². The third kappa shape index (κ3) is 1.97. The fourth-order valence-corrected chi connectivity index (χ4v) is 2.68. The van der Waals surface area contributed by atoms with Gasteiger partial charge >= 0.3 is 0 Å². The van der Waals surface area contributed by atoms with E-state index in [4.69, 9.17) is 0 Å². The molecule has 3 rings (SSSR count). The van der Waals surface area contributed by atoms with Crippen LogP contribution in [0.1, 0.15) is 11.3 Å². The van der Waals surface area contributed by atoms with Crippen LogP contribution in [0.25, 0.3) is 22.7 Å². The van der Waals surface area contributed by atoms with Crippen molar-refractivity contribution in [3.63, 3.8) is 0 Å². The molecule has 0 spiro atoms. The van der Waals surface area contributed by atoms with E-state index in [1.54, 1.807) is 0 Å². The van der Waals surface area contributed by atoms with E-state index < -0.39 is 0 Å². The topological polar surface area (TPSA) is 4.93 Å². The minimum Gasteiger partial charge on any atom is -0.313 e. The van der Waals surface area contributed by atoms with Gasteiger partial charge in [0, 0.05) is 22.3 Å². The van der Waals surface area contributed by atoms with Crippen LogP contribution in [-0.4, -0.2) is 4.57 Å². The van der Waals surface area contributed by atoms with Crippen LogP contribution in [-0.2, 0) is 0 Å². The summed E-state index contributed by atoms with van der Waals surface area (Å²) in [5.74, 6) is 0. The molecule has 2 aromatic carbocycles.